The monoisotopic (exact) mass is 1250 g/mol. The van der Waals surface area contributed by atoms with E-state index in [9.17, 15) is 41.9 Å². The van der Waals surface area contributed by atoms with Gasteiger partial charge < -0.3 is 54.2 Å². The van der Waals surface area contributed by atoms with E-state index in [1.54, 1.807) is 18.2 Å². The van der Waals surface area contributed by atoms with Crippen molar-refractivity contribution in [2.75, 3.05) is 35.6 Å². The number of nitrogens with one attached hydrogen (secondary N) is 6. The molecule has 0 heterocycles. The van der Waals surface area contributed by atoms with Gasteiger partial charge in [0.25, 0.3) is 17.7 Å². The lowest BCUT2D eigenvalue weighted by Gasteiger charge is -2.22. The van der Waals surface area contributed by atoms with Crippen molar-refractivity contribution in [2.24, 2.45) is 17.2 Å². The third-order valence-electron chi connectivity index (χ3n) is 15.6. The molecule has 9 aromatic carbocycles. The van der Waals surface area contributed by atoms with Gasteiger partial charge in [-0.05, 0) is 181 Å². The molecule has 3 atom stereocenters. The molecule has 17 nitrogen and oxygen atoms in total. The van der Waals surface area contributed by atoms with Crippen LogP contribution >= 0.6 is 0 Å². The lowest BCUT2D eigenvalue weighted by atomic mass is 9.85. The Morgan fingerprint density at radius 2 is 0.609 bits per heavy atom. The molecule has 92 heavy (non-hydrogen) atoms. The van der Waals surface area contributed by atoms with E-state index in [-0.39, 0.29) is 35.4 Å². The highest BCUT2D eigenvalue weighted by Gasteiger charge is 2.38. The van der Waals surface area contributed by atoms with E-state index < -0.39 is 36.2 Å². The molecule has 0 saturated carbocycles. The Hall–Kier alpha value is -10.3. The van der Waals surface area contributed by atoms with E-state index in [2.05, 4.69) is 31.9 Å². The third kappa shape index (κ3) is 18.4. The molecule has 0 aliphatic rings. The maximum atomic E-state index is 14.1. The standard InChI is InChI=1S/C70H73N9O6.C2HF3O2/c71-43-10-7-28-61(77-65(80)58-25-13-19-46-16-1-4-22-55(46)58)68(83)74-52-37-31-49(32-38-52)64(50-33-39-53(40-34-50)75-69(84)62(29-8-11-44-72)78-66(81)59-26-14-20-47-17-2-5-23-56(47)59)51-35-41-54(42-36-51)76-70(85)63(30-9-12-45-73)79-67(82)60-27-15-21-48-18-3-6-24-57(48)60;3-2(4,5)1(6)7/h1-6,13-27,31-42,61-64H,7-12,28-30,43-45,71-73H2,(H,74,83)(H,75,84)(H,76,85)(H,77,80)(H,78,81)(H,79,82);(H,6,7)/t61-,62-,63-;/m1./s1. The fourth-order valence-electron chi connectivity index (χ4n) is 10.8. The van der Waals surface area contributed by atoms with Crippen molar-refractivity contribution in [3.8, 4) is 0 Å². The van der Waals surface area contributed by atoms with Crippen LogP contribution < -0.4 is 49.1 Å². The van der Waals surface area contributed by atoms with Crippen molar-refractivity contribution >= 4 is 90.8 Å². The van der Waals surface area contributed by atoms with Crippen molar-refractivity contribution in [2.45, 2.75) is 88.0 Å². The number of aliphatic carboxylic acids is 1. The number of carbonyl (C=O) groups excluding carboxylic acids is 6. The second-order valence-corrected chi connectivity index (χ2v) is 22.1. The zero-order valence-corrected chi connectivity index (χ0v) is 50.5. The molecule has 0 aliphatic carbocycles. The first-order valence-corrected chi connectivity index (χ1v) is 30.4. The number of hydrogen-bond acceptors (Lipinski definition) is 10. The Bertz CT molecular complexity index is 3610. The highest BCUT2D eigenvalue weighted by molar-refractivity contribution is 6.11. The van der Waals surface area contributed by atoms with Gasteiger partial charge >= 0.3 is 12.1 Å². The summed E-state index contributed by atoms with van der Waals surface area (Å²) in [5.41, 5.74) is 23.1. The lowest BCUT2D eigenvalue weighted by Crippen LogP contribution is -2.44. The molecular weight excluding hydrogens is 1180 g/mol. The van der Waals surface area contributed by atoms with Gasteiger partial charge in [-0.1, -0.05) is 146 Å². The second kappa shape index (κ2) is 33.0. The molecule has 0 saturated heterocycles. The van der Waals surface area contributed by atoms with Crippen molar-refractivity contribution in [1.29, 1.82) is 0 Å². The van der Waals surface area contributed by atoms with Crippen LogP contribution in [0.5, 0.6) is 0 Å². The summed E-state index contributed by atoms with van der Waals surface area (Å²) in [5.74, 6) is -5.30. The maximum absolute atomic E-state index is 14.1. The minimum Gasteiger partial charge on any atom is -0.475 e. The smallest absolute Gasteiger partial charge is 0.475 e. The molecule has 0 radical (unpaired) electrons. The van der Waals surface area contributed by atoms with Gasteiger partial charge in [0.05, 0.1) is 0 Å². The Kier molecular flexibility index (Phi) is 24.2. The first-order chi connectivity index (χ1) is 44.5. The SMILES string of the molecule is NCCCC[C@@H](NC(=O)c1cccc2ccccc12)C(=O)Nc1ccc(C(c2ccc(NC(=O)[C@@H](CCCCN)NC(=O)c3cccc4ccccc34)cc2)c2ccc(NC(=O)[C@@H](CCCCN)NC(=O)c3cccc4ccccc34)cc2)cc1.O=C(O)C(F)(F)F. The fraction of sp³-hybridized carbons (Fsp3) is 0.236. The highest BCUT2D eigenvalue weighted by atomic mass is 19.4. The predicted molar refractivity (Wildman–Crippen MR) is 354 cm³/mol. The molecule has 20 heteroatoms. The van der Waals surface area contributed by atoms with E-state index >= 15 is 0 Å². The van der Waals surface area contributed by atoms with Crippen LogP contribution in [-0.2, 0) is 19.2 Å². The molecule has 9 aromatic rings. The second-order valence-electron chi connectivity index (χ2n) is 22.1. The Morgan fingerprint density at radius 3 is 0.859 bits per heavy atom. The number of halogens is 3. The minimum atomic E-state index is -5.08. The molecule has 0 spiro atoms. The molecule has 6 amide bonds. The third-order valence-corrected chi connectivity index (χ3v) is 15.6. The zero-order valence-electron chi connectivity index (χ0n) is 50.5. The van der Waals surface area contributed by atoms with Crippen LogP contribution in [0.15, 0.2) is 200 Å². The molecule has 0 aromatic heterocycles. The minimum absolute atomic E-state index is 0.351. The first kappa shape index (κ1) is 67.6. The summed E-state index contributed by atoms with van der Waals surface area (Å²) < 4.78 is 31.7. The lowest BCUT2D eigenvalue weighted by molar-refractivity contribution is -0.192. The molecule has 9 rings (SSSR count). The van der Waals surface area contributed by atoms with E-state index in [1.807, 2.05) is 182 Å². The number of amides is 6. The highest BCUT2D eigenvalue weighted by Crippen LogP contribution is 2.35. The van der Waals surface area contributed by atoms with Gasteiger partial charge in [-0.2, -0.15) is 13.2 Å². The average molecular weight is 1250 g/mol. The normalized spacial score (nSPS) is 12.2. The summed E-state index contributed by atoms with van der Waals surface area (Å²) in [6.45, 7) is 1.36. The number of unbranched alkanes of at least 4 members (excludes halogenated alkanes) is 3. The molecule has 13 N–H and O–H groups in total. The van der Waals surface area contributed by atoms with Crippen LogP contribution in [0.4, 0.5) is 30.2 Å². The fourth-order valence-corrected chi connectivity index (χ4v) is 10.8. The summed E-state index contributed by atoms with van der Waals surface area (Å²) in [5, 5.41) is 30.3. The van der Waals surface area contributed by atoms with Gasteiger partial charge in [0.2, 0.25) is 17.7 Å². The van der Waals surface area contributed by atoms with Crippen LogP contribution in [0.2, 0.25) is 0 Å². The summed E-state index contributed by atoms with van der Waals surface area (Å²) in [6, 6.07) is 59.4. The molecule has 0 bridgehead atoms. The van der Waals surface area contributed by atoms with Crippen LogP contribution in [-0.4, -0.2) is 90.5 Å². The van der Waals surface area contributed by atoms with Gasteiger partial charge in [-0.3, -0.25) is 28.8 Å². The van der Waals surface area contributed by atoms with E-state index in [4.69, 9.17) is 27.1 Å². The van der Waals surface area contributed by atoms with Crippen LogP contribution in [0.3, 0.4) is 0 Å². The number of carboxylic acid groups (broad SMARTS) is 1. The van der Waals surface area contributed by atoms with E-state index in [0.29, 0.717) is 111 Å². The topological polar surface area (TPSA) is 290 Å². The Labute approximate surface area is 530 Å². The number of benzene rings is 9. The number of carboxylic acids is 1. The predicted octanol–water partition coefficient (Wildman–Crippen LogP) is 11.6. The summed E-state index contributed by atoms with van der Waals surface area (Å²) in [6.07, 6.45) is 0.0220. The number of fused-ring (bicyclic) bond motifs is 3. The molecule has 0 fully saturated rings. The number of alkyl halides is 3. The molecule has 0 unspecified atom stereocenters. The number of nitrogens with two attached hydrogens (primary N) is 3. The van der Waals surface area contributed by atoms with E-state index in [0.717, 1.165) is 49.0 Å². The Morgan fingerprint density at radius 1 is 0.359 bits per heavy atom. The number of hydrogen-bond donors (Lipinski definition) is 10. The van der Waals surface area contributed by atoms with Crippen LogP contribution in [0.1, 0.15) is 111 Å². The van der Waals surface area contributed by atoms with Gasteiger partial charge in [0.15, 0.2) is 0 Å². The number of rotatable bonds is 27. The zero-order chi connectivity index (χ0) is 65.6. The van der Waals surface area contributed by atoms with Crippen molar-refractivity contribution in [3.05, 3.63) is 234 Å². The quantitative estimate of drug-likeness (QED) is 0.0171. The largest absolute Gasteiger partial charge is 0.490 e. The first-order valence-electron chi connectivity index (χ1n) is 30.4. The number of anilines is 3. The van der Waals surface area contributed by atoms with Crippen LogP contribution in [0.25, 0.3) is 32.3 Å². The van der Waals surface area contributed by atoms with Gasteiger partial charge in [0, 0.05) is 39.7 Å². The maximum Gasteiger partial charge on any atom is 0.490 e. The van der Waals surface area contributed by atoms with E-state index in [1.165, 1.54) is 0 Å². The van der Waals surface area contributed by atoms with Gasteiger partial charge in [-0.15, -0.1) is 0 Å². The van der Waals surface area contributed by atoms with Gasteiger partial charge in [-0.25, -0.2) is 4.79 Å². The van der Waals surface area contributed by atoms with Crippen molar-refractivity contribution in [3.63, 3.8) is 0 Å². The summed E-state index contributed by atoms with van der Waals surface area (Å²) >= 11 is 0. The summed E-state index contributed by atoms with van der Waals surface area (Å²) in [7, 11) is 0. The number of carbonyl (C=O) groups is 7. The van der Waals surface area contributed by atoms with Crippen molar-refractivity contribution in [1.82, 2.24) is 16.0 Å². The molecule has 476 valence electrons. The van der Waals surface area contributed by atoms with Crippen molar-refractivity contribution < 1.29 is 51.8 Å². The Balaban J connectivity index is 0.00000147. The van der Waals surface area contributed by atoms with Gasteiger partial charge in [0.1, 0.15) is 18.1 Å². The van der Waals surface area contributed by atoms with Crippen LogP contribution in [0, 0.1) is 0 Å². The summed E-state index contributed by atoms with van der Waals surface area (Å²) in [4.78, 5) is 92.6. The molecular formula is C72H74F3N9O8. The average Bonchev–Trinajstić information content (AvgIpc) is 0.860. The molecule has 0 aliphatic heterocycles.